The van der Waals surface area contributed by atoms with Crippen LogP contribution in [0.4, 0.5) is 0 Å². The molecule has 0 spiro atoms. The van der Waals surface area contributed by atoms with Crippen molar-refractivity contribution in [2.75, 3.05) is 26.7 Å². The number of nitrogens with zero attached hydrogens (tertiary/aromatic N) is 2. The van der Waals surface area contributed by atoms with Crippen LogP contribution in [-0.4, -0.2) is 67.3 Å². The zero-order valence-electron chi connectivity index (χ0n) is 11.3. The van der Waals surface area contributed by atoms with Gasteiger partial charge >= 0.3 is 5.97 Å². The number of nitrogens with one attached hydrogen (secondary N) is 1. The van der Waals surface area contributed by atoms with Crippen LogP contribution in [0.3, 0.4) is 0 Å². The predicted molar refractivity (Wildman–Crippen MR) is 70.0 cm³/mol. The first kappa shape index (κ1) is 15.2. The average molecular weight is 305 g/mol. The van der Waals surface area contributed by atoms with Crippen LogP contribution < -0.4 is 4.72 Å². The molecule has 0 aliphatic carbocycles. The second kappa shape index (κ2) is 5.66. The van der Waals surface area contributed by atoms with Crippen LogP contribution in [0, 0.1) is 5.92 Å². The number of aliphatic carboxylic acids is 1. The molecule has 2 aliphatic rings. The molecule has 8 nitrogen and oxygen atoms in total. The maximum Gasteiger partial charge on any atom is 0.306 e. The van der Waals surface area contributed by atoms with Crippen molar-refractivity contribution < 1.29 is 23.1 Å². The minimum atomic E-state index is -3.73. The van der Waals surface area contributed by atoms with Gasteiger partial charge in [0.15, 0.2) is 0 Å². The molecule has 1 atom stereocenters. The monoisotopic (exact) mass is 305 g/mol. The lowest BCUT2D eigenvalue weighted by Gasteiger charge is -2.30. The summed E-state index contributed by atoms with van der Waals surface area (Å²) in [6.07, 6.45) is 1.06. The number of hydrogen-bond donors (Lipinski definition) is 2. The molecule has 2 rings (SSSR count). The summed E-state index contributed by atoms with van der Waals surface area (Å²) in [5.41, 5.74) is 0. The fourth-order valence-electron chi connectivity index (χ4n) is 2.53. The van der Waals surface area contributed by atoms with Crippen LogP contribution >= 0.6 is 0 Å². The van der Waals surface area contributed by atoms with Crippen LogP contribution in [0.25, 0.3) is 0 Å². The van der Waals surface area contributed by atoms with Crippen LogP contribution in [0.15, 0.2) is 0 Å². The molecule has 0 saturated carbocycles. The van der Waals surface area contributed by atoms with Crippen molar-refractivity contribution in [1.82, 2.24) is 13.9 Å². The molecule has 0 aromatic heterocycles. The normalized spacial score (nSPS) is 26.1. The number of piperidine rings is 1. The SMILES string of the molecule is CN1CCC(NS(=O)(=O)N2CCC(C(=O)O)CC2)C1=O. The summed E-state index contributed by atoms with van der Waals surface area (Å²) in [6.45, 7) is 0.874. The largest absolute Gasteiger partial charge is 0.481 e. The van der Waals surface area contributed by atoms with Gasteiger partial charge in [-0.3, -0.25) is 9.59 Å². The number of likely N-dealkylation sites (tertiary alicyclic amines) is 1. The highest BCUT2D eigenvalue weighted by molar-refractivity contribution is 7.87. The van der Waals surface area contributed by atoms with Crippen molar-refractivity contribution in [3.8, 4) is 0 Å². The average Bonchev–Trinajstić information content (AvgIpc) is 2.70. The predicted octanol–water partition coefficient (Wildman–Crippen LogP) is -1.15. The van der Waals surface area contributed by atoms with Crippen molar-refractivity contribution in [1.29, 1.82) is 0 Å². The highest BCUT2D eigenvalue weighted by Gasteiger charge is 2.36. The Balaban J connectivity index is 1.95. The van der Waals surface area contributed by atoms with E-state index >= 15 is 0 Å². The Kier molecular flexibility index (Phi) is 4.31. The molecular formula is C11H19N3O5S. The van der Waals surface area contributed by atoms with Crippen molar-refractivity contribution in [3.63, 3.8) is 0 Å². The Morgan fingerprint density at radius 2 is 1.85 bits per heavy atom. The second-order valence-electron chi connectivity index (χ2n) is 5.24. The molecule has 2 N–H and O–H groups in total. The topological polar surface area (TPSA) is 107 Å². The molecule has 9 heteroatoms. The molecule has 1 amide bonds. The highest BCUT2D eigenvalue weighted by atomic mass is 32.2. The van der Waals surface area contributed by atoms with E-state index in [0.717, 1.165) is 0 Å². The standard InChI is InChI=1S/C11H19N3O5S/c1-13-5-4-9(10(13)15)12-20(18,19)14-6-2-8(3-7-14)11(16)17/h8-9,12H,2-7H2,1H3,(H,16,17). The van der Waals surface area contributed by atoms with Crippen LogP contribution in [0.1, 0.15) is 19.3 Å². The van der Waals surface area contributed by atoms with E-state index < -0.39 is 28.1 Å². The van der Waals surface area contributed by atoms with E-state index in [1.54, 1.807) is 7.05 Å². The first-order valence-electron chi connectivity index (χ1n) is 6.56. The van der Waals surface area contributed by atoms with E-state index in [1.807, 2.05) is 0 Å². The Morgan fingerprint density at radius 3 is 2.30 bits per heavy atom. The van der Waals surface area contributed by atoms with Gasteiger partial charge in [-0.25, -0.2) is 0 Å². The zero-order valence-corrected chi connectivity index (χ0v) is 12.1. The Labute approximate surface area is 117 Å². The van der Waals surface area contributed by atoms with E-state index in [0.29, 0.717) is 25.8 Å². The van der Waals surface area contributed by atoms with Gasteiger partial charge in [-0.05, 0) is 19.3 Å². The lowest BCUT2D eigenvalue weighted by atomic mass is 9.99. The summed E-state index contributed by atoms with van der Waals surface area (Å²) in [6, 6.07) is -0.706. The number of carboxylic acids is 1. The number of rotatable bonds is 4. The molecule has 1 unspecified atom stereocenters. The first-order chi connectivity index (χ1) is 9.31. The Hall–Kier alpha value is -1.19. The minimum Gasteiger partial charge on any atom is -0.481 e. The smallest absolute Gasteiger partial charge is 0.306 e. The number of carbonyl (C=O) groups is 2. The Morgan fingerprint density at radius 1 is 1.25 bits per heavy atom. The van der Waals surface area contributed by atoms with Crippen molar-refractivity contribution in [3.05, 3.63) is 0 Å². The second-order valence-corrected chi connectivity index (χ2v) is 6.94. The van der Waals surface area contributed by atoms with E-state index in [9.17, 15) is 18.0 Å². The van der Waals surface area contributed by atoms with Gasteiger partial charge in [-0.2, -0.15) is 17.4 Å². The van der Waals surface area contributed by atoms with Gasteiger partial charge in [0.25, 0.3) is 10.2 Å². The lowest BCUT2D eigenvalue weighted by Crippen LogP contribution is -2.50. The lowest BCUT2D eigenvalue weighted by molar-refractivity contribution is -0.142. The molecule has 20 heavy (non-hydrogen) atoms. The molecule has 0 radical (unpaired) electrons. The van der Waals surface area contributed by atoms with Gasteiger partial charge in [0.2, 0.25) is 5.91 Å². The first-order valence-corrected chi connectivity index (χ1v) is 8.00. The molecule has 0 bridgehead atoms. The maximum atomic E-state index is 12.2. The summed E-state index contributed by atoms with van der Waals surface area (Å²) >= 11 is 0. The third kappa shape index (κ3) is 3.10. The molecule has 2 saturated heterocycles. The van der Waals surface area contributed by atoms with E-state index in [-0.39, 0.29) is 19.0 Å². The molecule has 2 fully saturated rings. The van der Waals surface area contributed by atoms with Crippen LogP contribution in [0.5, 0.6) is 0 Å². The molecule has 2 heterocycles. The van der Waals surface area contributed by atoms with Gasteiger partial charge in [-0.15, -0.1) is 0 Å². The van der Waals surface area contributed by atoms with Crippen LogP contribution in [0.2, 0.25) is 0 Å². The molecule has 114 valence electrons. The van der Waals surface area contributed by atoms with Gasteiger partial charge in [0, 0.05) is 26.7 Å². The van der Waals surface area contributed by atoms with E-state index in [1.165, 1.54) is 9.21 Å². The number of carbonyl (C=O) groups excluding carboxylic acids is 1. The van der Waals surface area contributed by atoms with Crippen molar-refractivity contribution in [2.24, 2.45) is 5.92 Å². The zero-order chi connectivity index (χ0) is 14.9. The van der Waals surface area contributed by atoms with Crippen molar-refractivity contribution in [2.45, 2.75) is 25.3 Å². The molecule has 0 aromatic carbocycles. The van der Waals surface area contributed by atoms with Crippen molar-refractivity contribution >= 4 is 22.1 Å². The highest BCUT2D eigenvalue weighted by Crippen LogP contribution is 2.20. The fraction of sp³-hybridized carbons (Fsp3) is 0.818. The van der Waals surface area contributed by atoms with Crippen LogP contribution in [-0.2, 0) is 19.8 Å². The molecule has 2 aliphatic heterocycles. The summed E-state index contributed by atoms with van der Waals surface area (Å²) in [5, 5.41) is 8.89. The minimum absolute atomic E-state index is 0.170. The van der Waals surface area contributed by atoms with Gasteiger partial charge in [-0.1, -0.05) is 0 Å². The third-order valence-corrected chi connectivity index (χ3v) is 5.49. The quantitative estimate of drug-likeness (QED) is 0.682. The Bertz CT molecular complexity index is 498. The number of likely N-dealkylation sites (N-methyl/N-ethyl adjacent to an activating group) is 1. The van der Waals surface area contributed by atoms with Gasteiger partial charge in [0.1, 0.15) is 6.04 Å². The van der Waals surface area contributed by atoms with E-state index in [2.05, 4.69) is 4.72 Å². The number of hydrogen-bond acceptors (Lipinski definition) is 4. The maximum absolute atomic E-state index is 12.2. The van der Waals surface area contributed by atoms with E-state index in [4.69, 9.17) is 5.11 Å². The molecule has 0 aromatic rings. The molecular weight excluding hydrogens is 286 g/mol. The third-order valence-electron chi connectivity index (χ3n) is 3.86. The number of amides is 1. The van der Waals surface area contributed by atoms with Gasteiger partial charge in [0.05, 0.1) is 5.92 Å². The summed E-state index contributed by atoms with van der Waals surface area (Å²) in [4.78, 5) is 24.0. The summed E-state index contributed by atoms with van der Waals surface area (Å²) < 4.78 is 28.0. The summed E-state index contributed by atoms with van der Waals surface area (Å²) in [5.74, 6) is -1.60. The van der Waals surface area contributed by atoms with Gasteiger partial charge < -0.3 is 10.0 Å². The number of carboxylic acid groups (broad SMARTS) is 1. The fourth-order valence-corrected chi connectivity index (χ4v) is 3.95. The summed E-state index contributed by atoms with van der Waals surface area (Å²) in [7, 11) is -2.10.